The predicted octanol–water partition coefficient (Wildman–Crippen LogP) is 2.89. The molecule has 0 aromatic carbocycles. The first-order valence-electron chi connectivity index (χ1n) is 10.2. The molecular weight excluding hydrogens is 316 g/mol. The van der Waals surface area contributed by atoms with Crippen LogP contribution in [0.15, 0.2) is 0 Å². The molecule has 0 aromatic heterocycles. The summed E-state index contributed by atoms with van der Waals surface area (Å²) >= 11 is 0. The summed E-state index contributed by atoms with van der Waals surface area (Å²) < 4.78 is 0. The summed E-state index contributed by atoms with van der Waals surface area (Å²) in [5.74, 6) is -0.183. The Balaban J connectivity index is 1.75. The summed E-state index contributed by atoms with van der Waals surface area (Å²) in [6, 6.07) is 0. The monoisotopic (exact) mass is 348 g/mol. The van der Waals surface area contributed by atoms with Gasteiger partial charge in [0.2, 0.25) is 11.6 Å². The third-order valence-electron chi connectivity index (χ3n) is 9.08. The van der Waals surface area contributed by atoms with E-state index in [2.05, 4.69) is 6.92 Å². The number of aliphatic hydroxyl groups excluding tert-OH is 1. The van der Waals surface area contributed by atoms with Gasteiger partial charge in [-0.1, -0.05) is 26.7 Å². The highest BCUT2D eigenvalue weighted by Crippen LogP contribution is 2.67. The van der Waals surface area contributed by atoms with Gasteiger partial charge in [0.1, 0.15) is 0 Å². The minimum absolute atomic E-state index is 0.183. The van der Waals surface area contributed by atoms with Crippen molar-refractivity contribution >= 4 is 11.6 Å². The fraction of sp³-hybridized carbons (Fsp3) is 0.905. The van der Waals surface area contributed by atoms with E-state index in [9.17, 15) is 19.8 Å². The first-order valence-corrected chi connectivity index (χ1v) is 10.2. The van der Waals surface area contributed by atoms with Crippen LogP contribution in [0.25, 0.3) is 0 Å². The van der Waals surface area contributed by atoms with E-state index in [1.54, 1.807) is 0 Å². The van der Waals surface area contributed by atoms with E-state index in [0.717, 1.165) is 25.2 Å². The Labute approximate surface area is 150 Å². The maximum Gasteiger partial charge on any atom is 0.233 e. The van der Waals surface area contributed by atoms with Crippen LogP contribution in [-0.2, 0) is 9.59 Å². The number of carbonyl (C=O) groups excluding carboxylic acids is 2. The highest BCUT2D eigenvalue weighted by Gasteiger charge is 2.73. The Bertz CT molecular complexity index is 613. The van der Waals surface area contributed by atoms with Crippen LogP contribution in [-0.4, -0.2) is 33.5 Å². The zero-order chi connectivity index (χ0) is 18.2. The smallest absolute Gasteiger partial charge is 0.233 e. The van der Waals surface area contributed by atoms with Crippen molar-refractivity contribution in [2.75, 3.05) is 0 Å². The molecule has 140 valence electrons. The SMILES string of the molecule is CC(O)[C@@]1(O)C(=O)C(=O)[C@H]2[C@@H]3CCC4CCCC[C@]4(C)[C@H]3CC[C@@]21C. The van der Waals surface area contributed by atoms with Gasteiger partial charge in [-0.25, -0.2) is 0 Å². The molecule has 2 unspecified atom stereocenters. The number of fused-ring (bicyclic) bond motifs is 5. The van der Waals surface area contributed by atoms with Crippen molar-refractivity contribution < 1.29 is 19.8 Å². The van der Waals surface area contributed by atoms with E-state index in [-0.39, 0.29) is 11.3 Å². The summed E-state index contributed by atoms with van der Waals surface area (Å²) in [5, 5.41) is 21.3. The minimum Gasteiger partial charge on any atom is -0.390 e. The quantitative estimate of drug-likeness (QED) is 0.715. The van der Waals surface area contributed by atoms with Crippen molar-refractivity contribution in [1.82, 2.24) is 0 Å². The van der Waals surface area contributed by atoms with Crippen molar-refractivity contribution in [1.29, 1.82) is 0 Å². The van der Waals surface area contributed by atoms with Gasteiger partial charge in [-0.15, -0.1) is 0 Å². The summed E-state index contributed by atoms with van der Waals surface area (Å²) in [5.41, 5.74) is -2.46. The Morgan fingerprint density at radius 3 is 2.44 bits per heavy atom. The van der Waals surface area contributed by atoms with Crippen LogP contribution in [0.2, 0.25) is 0 Å². The lowest BCUT2D eigenvalue weighted by Gasteiger charge is -2.60. The second-order valence-corrected chi connectivity index (χ2v) is 9.87. The van der Waals surface area contributed by atoms with Gasteiger partial charge in [-0.05, 0) is 68.6 Å². The molecule has 0 amide bonds. The Kier molecular flexibility index (Phi) is 3.81. The maximum atomic E-state index is 13.0. The molecule has 0 radical (unpaired) electrons. The first-order chi connectivity index (χ1) is 11.7. The molecule has 4 nitrogen and oxygen atoms in total. The van der Waals surface area contributed by atoms with Crippen LogP contribution in [0.3, 0.4) is 0 Å². The summed E-state index contributed by atoms with van der Waals surface area (Å²) in [6.45, 7) is 5.74. The molecule has 0 spiro atoms. The number of hydrogen-bond donors (Lipinski definition) is 2. The van der Waals surface area contributed by atoms with Crippen molar-refractivity contribution in [3.63, 3.8) is 0 Å². The molecule has 4 rings (SSSR count). The number of rotatable bonds is 1. The average molecular weight is 348 g/mol. The number of aliphatic hydroxyl groups is 2. The van der Waals surface area contributed by atoms with Gasteiger partial charge < -0.3 is 10.2 Å². The molecule has 4 saturated carbocycles. The van der Waals surface area contributed by atoms with Crippen molar-refractivity contribution in [3.05, 3.63) is 0 Å². The second-order valence-electron chi connectivity index (χ2n) is 9.87. The van der Waals surface area contributed by atoms with Gasteiger partial charge in [0.15, 0.2) is 5.60 Å². The molecule has 8 atom stereocenters. The van der Waals surface area contributed by atoms with Crippen molar-refractivity contribution in [2.24, 2.45) is 34.5 Å². The topological polar surface area (TPSA) is 74.6 Å². The largest absolute Gasteiger partial charge is 0.390 e. The summed E-state index contributed by atoms with van der Waals surface area (Å²) in [6.07, 6.45) is 7.63. The number of ketones is 2. The Morgan fingerprint density at radius 2 is 1.76 bits per heavy atom. The molecule has 0 aliphatic heterocycles. The van der Waals surface area contributed by atoms with E-state index >= 15 is 0 Å². The van der Waals surface area contributed by atoms with E-state index < -0.39 is 34.6 Å². The maximum absolute atomic E-state index is 13.0. The van der Waals surface area contributed by atoms with E-state index in [1.165, 1.54) is 32.6 Å². The molecule has 4 fully saturated rings. The second kappa shape index (κ2) is 5.39. The molecule has 0 bridgehead atoms. The van der Waals surface area contributed by atoms with Gasteiger partial charge in [-0.2, -0.15) is 0 Å². The lowest BCUT2D eigenvalue weighted by atomic mass is 9.44. The fourth-order valence-electron chi connectivity index (χ4n) is 7.67. The molecule has 4 heteroatoms. The lowest BCUT2D eigenvalue weighted by Crippen LogP contribution is -2.60. The molecule has 4 aliphatic rings. The number of hydrogen-bond acceptors (Lipinski definition) is 4. The zero-order valence-corrected chi connectivity index (χ0v) is 15.8. The predicted molar refractivity (Wildman–Crippen MR) is 93.8 cm³/mol. The molecular formula is C21H32O4. The lowest BCUT2D eigenvalue weighted by molar-refractivity contribution is -0.186. The molecule has 0 heterocycles. The fourth-order valence-corrected chi connectivity index (χ4v) is 7.67. The van der Waals surface area contributed by atoms with Crippen LogP contribution < -0.4 is 0 Å². The van der Waals surface area contributed by atoms with Crippen LogP contribution in [0.1, 0.15) is 72.1 Å². The van der Waals surface area contributed by atoms with Crippen LogP contribution in [0, 0.1) is 34.5 Å². The molecule has 0 saturated heterocycles. The summed E-state index contributed by atoms with van der Waals surface area (Å²) in [4.78, 5) is 25.7. The van der Waals surface area contributed by atoms with Crippen LogP contribution >= 0.6 is 0 Å². The third kappa shape index (κ3) is 1.96. The van der Waals surface area contributed by atoms with E-state index in [1.807, 2.05) is 6.92 Å². The Hall–Kier alpha value is -0.740. The minimum atomic E-state index is -1.91. The highest BCUT2D eigenvalue weighted by atomic mass is 16.4. The highest BCUT2D eigenvalue weighted by molar-refractivity contribution is 6.44. The standard InChI is InChI=1S/C21H32O4/c1-12(22)21(25)18(24)17(23)16-14-8-7-13-6-4-5-10-19(13,2)15(14)9-11-20(16,21)3/h12-16,22,25H,4-11H2,1-3H3/t12?,13?,14-,15+,16-,19+,20+,21-/m1/s1. The number of carbonyl (C=O) groups is 2. The van der Waals surface area contributed by atoms with Crippen LogP contribution in [0.4, 0.5) is 0 Å². The normalized spacial score (nSPS) is 53.8. The average Bonchev–Trinajstić information content (AvgIpc) is 2.73. The zero-order valence-electron chi connectivity index (χ0n) is 15.8. The molecule has 2 N–H and O–H groups in total. The van der Waals surface area contributed by atoms with E-state index in [4.69, 9.17) is 0 Å². The number of Topliss-reactive ketones (excluding diaryl/α,β-unsaturated/α-hetero) is 2. The van der Waals surface area contributed by atoms with Gasteiger partial charge >= 0.3 is 0 Å². The van der Waals surface area contributed by atoms with E-state index in [0.29, 0.717) is 12.3 Å². The van der Waals surface area contributed by atoms with Crippen molar-refractivity contribution in [3.8, 4) is 0 Å². The van der Waals surface area contributed by atoms with Gasteiger partial charge in [0, 0.05) is 11.3 Å². The molecule has 4 aliphatic carbocycles. The summed E-state index contributed by atoms with van der Waals surface area (Å²) in [7, 11) is 0. The third-order valence-corrected chi connectivity index (χ3v) is 9.08. The first kappa shape index (κ1) is 17.7. The van der Waals surface area contributed by atoms with Gasteiger partial charge in [-0.3, -0.25) is 9.59 Å². The molecule has 25 heavy (non-hydrogen) atoms. The van der Waals surface area contributed by atoms with Gasteiger partial charge in [0.05, 0.1) is 6.10 Å². The Morgan fingerprint density at radius 1 is 1.04 bits per heavy atom. The van der Waals surface area contributed by atoms with Crippen molar-refractivity contribution in [2.45, 2.75) is 83.8 Å². The molecule has 0 aromatic rings. The van der Waals surface area contributed by atoms with Crippen LogP contribution in [0.5, 0.6) is 0 Å². The van der Waals surface area contributed by atoms with Gasteiger partial charge in [0.25, 0.3) is 0 Å².